The molecule has 0 saturated carbocycles. The Balaban J connectivity index is 1.70. The average molecular weight is 341 g/mol. The van der Waals surface area contributed by atoms with Crippen LogP contribution in [0.15, 0.2) is 42.5 Å². The number of ether oxygens (including phenoxy) is 2. The van der Waals surface area contributed by atoms with Crippen LogP contribution < -0.4 is 4.90 Å². The van der Waals surface area contributed by atoms with E-state index >= 15 is 0 Å². The van der Waals surface area contributed by atoms with Crippen molar-refractivity contribution in [2.45, 2.75) is 12.0 Å². The van der Waals surface area contributed by atoms with E-state index in [1.807, 2.05) is 30.3 Å². The number of pyridine rings is 1. The van der Waals surface area contributed by atoms with Crippen LogP contribution in [-0.2, 0) is 9.47 Å². The van der Waals surface area contributed by atoms with Gasteiger partial charge in [0.25, 0.3) is 5.69 Å². The average Bonchev–Trinajstić information content (AvgIpc) is 3.09. The van der Waals surface area contributed by atoms with E-state index in [1.54, 1.807) is 6.07 Å². The van der Waals surface area contributed by atoms with Gasteiger partial charge in [-0.25, -0.2) is 4.98 Å². The molecule has 1 aromatic carbocycles. The van der Waals surface area contributed by atoms with E-state index in [9.17, 15) is 10.1 Å². The topological polar surface area (TPSA) is 77.7 Å². The number of hydrogen-bond acceptors (Lipinski definition) is 6. The van der Waals surface area contributed by atoms with E-state index < -0.39 is 0 Å². The minimum Gasteiger partial charge on any atom is -0.378 e. The number of morpholine rings is 1. The summed E-state index contributed by atoms with van der Waals surface area (Å²) in [5.41, 5.74) is 0.867. The zero-order valence-electron chi connectivity index (χ0n) is 13.8. The molecule has 0 N–H and O–H groups in total. The van der Waals surface area contributed by atoms with E-state index in [-0.39, 0.29) is 16.2 Å². The Kier molecular flexibility index (Phi) is 4.10. The SMILES string of the molecule is O=[N+]([O-])c1ccc(N2CCOC3(CCOC3)C2)nc1-c1ccccc1. The zero-order valence-corrected chi connectivity index (χ0v) is 13.8. The van der Waals surface area contributed by atoms with Gasteiger partial charge in [-0.1, -0.05) is 30.3 Å². The monoisotopic (exact) mass is 341 g/mol. The molecule has 0 radical (unpaired) electrons. The van der Waals surface area contributed by atoms with Crippen molar-refractivity contribution in [1.82, 2.24) is 4.98 Å². The Bertz CT molecular complexity index is 775. The van der Waals surface area contributed by atoms with E-state index in [0.29, 0.717) is 38.6 Å². The summed E-state index contributed by atoms with van der Waals surface area (Å²) in [6.07, 6.45) is 0.863. The molecule has 2 saturated heterocycles. The third-order valence-corrected chi connectivity index (χ3v) is 4.74. The molecule has 7 heteroatoms. The second-order valence-electron chi connectivity index (χ2n) is 6.42. The molecule has 2 aliphatic rings. The largest absolute Gasteiger partial charge is 0.378 e. The molecule has 130 valence electrons. The summed E-state index contributed by atoms with van der Waals surface area (Å²) in [5.74, 6) is 0.735. The van der Waals surface area contributed by atoms with Crippen LogP contribution in [0.4, 0.5) is 11.5 Å². The van der Waals surface area contributed by atoms with Gasteiger partial charge in [-0.15, -0.1) is 0 Å². The molecule has 3 heterocycles. The van der Waals surface area contributed by atoms with Crippen LogP contribution in [0.5, 0.6) is 0 Å². The van der Waals surface area contributed by atoms with Crippen LogP contribution in [0.2, 0.25) is 0 Å². The number of anilines is 1. The third-order valence-electron chi connectivity index (χ3n) is 4.74. The molecule has 2 aliphatic heterocycles. The van der Waals surface area contributed by atoms with Crippen molar-refractivity contribution in [3.05, 3.63) is 52.6 Å². The second-order valence-corrected chi connectivity index (χ2v) is 6.42. The van der Waals surface area contributed by atoms with Crippen molar-refractivity contribution >= 4 is 11.5 Å². The molecular formula is C18H19N3O4. The van der Waals surface area contributed by atoms with Gasteiger partial charge in [0.1, 0.15) is 11.4 Å². The fraction of sp³-hybridized carbons (Fsp3) is 0.389. The second kappa shape index (κ2) is 6.42. The summed E-state index contributed by atoms with van der Waals surface area (Å²) in [7, 11) is 0. The van der Waals surface area contributed by atoms with Crippen molar-refractivity contribution in [2.24, 2.45) is 0 Å². The number of hydrogen-bond donors (Lipinski definition) is 0. The first-order chi connectivity index (χ1) is 12.2. The lowest BCUT2D eigenvalue weighted by Gasteiger charge is -2.40. The highest BCUT2D eigenvalue weighted by atomic mass is 16.6. The maximum Gasteiger partial charge on any atom is 0.295 e. The van der Waals surface area contributed by atoms with Gasteiger partial charge in [0.15, 0.2) is 5.69 Å². The number of benzene rings is 1. The quantitative estimate of drug-likeness (QED) is 0.631. The summed E-state index contributed by atoms with van der Waals surface area (Å²) < 4.78 is 11.5. The summed E-state index contributed by atoms with van der Waals surface area (Å²) in [6, 6.07) is 12.5. The summed E-state index contributed by atoms with van der Waals surface area (Å²) in [6.45, 7) is 3.29. The van der Waals surface area contributed by atoms with Crippen LogP contribution in [0.3, 0.4) is 0 Å². The maximum absolute atomic E-state index is 11.4. The third kappa shape index (κ3) is 3.08. The maximum atomic E-state index is 11.4. The van der Waals surface area contributed by atoms with Crippen molar-refractivity contribution in [1.29, 1.82) is 0 Å². The molecule has 1 aromatic heterocycles. The first-order valence-corrected chi connectivity index (χ1v) is 8.34. The predicted molar refractivity (Wildman–Crippen MR) is 92.7 cm³/mol. The highest BCUT2D eigenvalue weighted by Gasteiger charge is 2.41. The molecule has 0 amide bonds. The minimum absolute atomic E-state index is 0.0159. The van der Waals surface area contributed by atoms with Crippen molar-refractivity contribution in [2.75, 3.05) is 37.8 Å². The predicted octanol–water partition coefficient (Wildman–Crippen LogP) is 2.65. The fourth-order valence-corrected chi connectivity index (χ4v) is 3.44. The molecule has 0 bridgehead atoms. The lowest BCUT2D eigenvalue weighted by atomic mass is 10.0. The highest BCUT2D eigenvalue weighted by Crippen LogP contribution is 2.33. The Hall–Kier alpha value is -2.51. The number of nitro groups is 1. The molecule has 1 spiro atoms. The lowest BCUT2D eigenvalue weighted by Crippen LogP contribution is -2.52. The molecule has 1 unspecified atom stereocenters. The first-order valence-electron chi connectivity index (χ1n) is 8.34. The first kappa shape index (κ1) is 16.0. The Morgan fingerprint density at radius 3 is 2.72 bits per heavy atom. The van der Waals surface area contributed by atoms with Gasteiger partial charge < -0.3 is 14.4 Å². The van der Waals surface area contributed by atoms with Crippen molar-refractivity contribution in [3.8, 4) is 11.3 Å². The summed E-state index contributed by atoms with van der Waals surface area (Å²) in [4.78, 5) is 17.8. The fourth-order valence-electron chi connectivity index (χ4n) is 3.44. The van der Waals surface area contributed by atoms with E-state index in [2.05, 4.69) is 9.88 Å². The molecule has 7 nitrogen and oxygen atoms in total. The van der Waals surface area contributed by atoms with Crippen molar-refractivity contribution in [3.63, 3.8) is 0 Å². The smallest absolute Gasteiger partial charge is 0.295 e. The van der Waals surface area contributed by atoms with Gasteiger partial charge in [-0.2, -0.15) is 0 Å². The molecule has 1 atom stereocenters. The molecule has 4 rings (SSSR count). The zero-order chi connectivity index (χ0) is 17.3. The minimum atomic E-state index is -0.384. The number of rotatable bonds is 3. The normalized spacial score (nSPS) is 23.1. The van der Waals surface area contributed by atoms with E-state index in [1.165, 1.54) is 6.07 Å². The van der Waals surface area contributed by atoms with Crippen LogP contribution in [0.1, 0.15) is 6.42 Å². The van der Waals surface area contributed by atoms with Gasteiger partial charge in [-0.3, -0.25) is 10.1 Å². The van der Waals surface area contributed by atoms with Crippen molar-refractivity contribution < 1.29 is 14.4 Å². The van der Waals surface area contributed by atoms with Crippen LogP contribution >= 0.6 is 0 Å². The van der Waals surface area contributed by atoms with Gasteiger partial charge in [-0.05, 0) is 6.07 Å². The van der Waals surface area contributed by atoms with Gasteiger partial charge in [0.2, 0.25) is 0 Å². The Morgan fingerprint density at radius 2 is 2.00 bits per heavy atom. The van der Waals surface area contributed by atoms with Crippen LogP contribution in [0.25, 0.3) is 11.3 Å². The Labute approximate surface area is 145 Å². The van der Waals surface area contributed by atoms with Crippen LogP contribution in [0, 0.1) is 10.1 Å². The molecular weight excluding hydrogens is 322 g/mol. The van der Waals surface area contributed by atoms with Gasteiger partial charge in [0.05, 0.1) is 24.7 Å². The molecule has 25 heavy (non-hydrogen) atoms. The molecule has 0 aliphatic carbocycles. The molecule has 2 aromatic rings. The van der Waals surface area contributed by atoms with E-state index in [4.69, 9.17) is 9.47 Å². The Morgan fingerprint density at radius 1 is 1.16 bits per heavy atom. The number of aromatic nitrogens is 1. The standard InChI is InChI=1S/C18H19N3O4/c22-21(23)15-6-7-16(19-17(15)14-4-2-1-3-5-14)20-9-11-25-18(12-20)8-10-24-13-18/h1-7H,8-13H2. The number of nitrogens with zero attached hydrogens (tertiary/aromatic N) is 3. The van der Waals surface area contributed by atoms with Crippen LogP contribution in [-0.4, -0.2) is 48.4 Å². The summed E-state index contributed by atoms with van der Waals surface area (Å²) in [5, 5.41) is 11.4. The molecule has 2 fully saturated rings. The van der Waals surface area contributed by atoms with Gasteiger partial charge >= 0.3 is 0 Å². The van der Waals surface area contributed by atoms with Gasteiger partial charge in [0, 0.05) is 31.2 Å². The highest BCUT2D eigenvalue weighted by molar-refractivity contribution is 5.71. The van der Waals surface area contributed by atoms with E-state index in [0.717, 1.165) is 17.8 Å². The lowest BCUT2D eigenvalue weighted by molar-refractivity contribution is -0.384. The summed E-state index contributed by atoms with van der Waals surface area (Å²) >= 11 is 0.